The highest BCUT2D eigenvalue weighted by Crippen LogP contribution is 2.19. The quantitative estimate of drug-likeness (QED) is 0.636. The van der Waals surface area contributed by atoms with Crippen LogP contribution < -0.4 is 9.21 Å². The molecule has 0 fully saturated rings. The second-order valence-electron chi connectivity index (χ2n) is 6.25. The summed E-state index contributed by atoms with van der Waals surface area (Å²) in [4.78, 5) is 14.1. The molecular weight excluding hydrogens is 376 g/mol. The molecule has 0 N–H and O–H groups in total. The zero-order chi connectivity index (χ0) is 20.7. The lowest BCUT2D eigenvalue weighted by Crippen LogP contribution is -2.27. The number of allylic oxidation sites excluding steroid dienone is 2. The highest BCUT2D eigenvalue weighted by molar-refractivity contribution is 7.88. The maximum absolute atomic E-state index is 12.1. The molecule has 2 aromatic carbocycles. The molecule has 0 unspecified atom stereocenters. The minimum atomic E-state index is -3.82. The number of carbonyl (C=O) groups excluding carboxylic acids is 1. The smallest absolute Gasteiger partial charge is 0.361 e. The summed E-state index contributed by atoms with van der Waals surface area (Å²) in [5.74, 6) is -0.168. The molecule has 0 saturated carbocycles. The van der Waals surface area contributed by atoms with Crippen LogP contribution in [0.5, 0.6) is 0 Å². The second-order valence-corrected chi connectivity index (χ2v) is 7.98. The lowest BCUT2D eigenvalue weighted by molar-refractivity contribution is -0.110. The fraction of sp³-hybridized carbons (Fsp3) is 0.190. The minimum absolute atomic E-state index is 0.168. The Morgan fingerprint density at radius 2 is 1.39 bits per heavy atom. The average molecular weight is 401 g/mol. The summed E-state index contributed by atoms with van der Waals surface area (Å²) in [6.45, 7) is 0. The van der Waals surface area contributed by atoms with E-state index in [1.807, 2.05) is 43.3 Å². The molecule has 0 aliphatic carbocycles. The third-order valence-electron chi connectivity index (χ3n) is 4.05. The number of carbonyl (C=O) groups is 1. The molecule has 0 aromatic heterocycles. The third kappa shape index (κ3) is 5.80. The van der Waals surface area contributed by atoms with Crippen LogP contribution in [-0.2, 0) is 19.3 Å². The molecule has 0 saturated heterocycles. The van der Waals surface area contributed by atoms with E-state index in [9.17, 15) is 13.2 Å². The van der Waals surface area contributed by atoms with Crippen LogP contribution in [0.3, 0.4) is 0 Å². The first-order valence-corrected chi connectivity index (χ1v) is 9.91. The zero-order valence-electron chi connectivity index (χ0n) is 16.4. The van der Waals surface area contributed by atoms with Crippen molar-refractivity contribution in [2.75, 3.05) is 37.5 Å². The normalized spacial score (nSPS) is 11.9. The van der Waals surface area contributed by atoms with E-state index in [-0.39, 0.29) is 5.78 Å². The van der Waals surface area contributed by atoms with Crippen molar-refractivity contribution in [1.82, 2.24) is 0 Å². The standard InChI is InChI=1S/C21H24N2O4S/c1-22(2)19-9-5-7-17(15-19)11-13-21(24)14-12-18-8-6-10-20(16-18)23(3)28(25,26)27-4/h5-16H,1-4H3/b13-11+,14-12+. The van der Waals surface area contributed by atoms with Gasteiger partial charge in [-0.25, -0.2) is 0 Å². The van der Waals surface area contributed by atoms with Crippen molar-refractivity contribution in [3.63, 3.8) is 0 Å². The molecule has 0 radical (unpaired) electrons. The molecular formula is C21H24N2O4S. The molecule has 7 heteroatoms. The van der Waals surface area contributed by atoms with Crippen LogP contribution in [0.25, 0.3) is 12.2 Å². The minimum Gasteiger partial charge on any atom is -0.378 e. The van der Waals surface area contributed by atoms with Crippen LogP contribution in [0.1, 0.15) is 11.1 Å². The fourth-order valence-electron chi connectivity index (χ4n) is 2.38. The summed E-state index contributed by atoms with van der Waals surface area (Å²) in [6.07, 6.45) is 6.33. The molecule has 0 aliphatic heterocycles. The van der Waals surface area contributed by atoms with Gasteiger partial charge in [0.1, 0.15) is 0 Å². The van der Waals surface area contributed by atoms with E-state index in [1.54, 1.807) is 36.4 Å². The summed E-state index contributed by atoms with van der Waals surface area (Å²) in [5.41, 5.74) is 3.12. The van der Waals surface area contributed by atoms with Gasteiger partial charge in [0.2, 0.25) is 0 Å². The average Bonchev–Trinajstić information content (AvgIpc) is 2.70. The number of rotatable bonds is 8. The third-order valence-corrected chi connectivity index (χ3v) is 5.35. The van der Waals surface area contributed by atoms with E-state index >= 15 is 0 Å². The first kappa shape index (κ1) is 21.4. The van der Waals surface area contributed by atoms with Crippen molar-refractivity contribution >= 4 is 39.6 Å². The number of benzene rings is 2. The van der Waals surface area contributed by atoms with Crippen molar-refractivity contribution in [2.45, 2.75) is 0 Å². The van der Waals surface area contributed by atoms with Gasteiger partial charge >= 0.3 is 10.3 Å². The Morgan fingerprint density at radius 3 is 1.89 bits per heavy atom. The van der Waals surface area contributed by atoms with Gasteiger partial charge in [-0.15, -0.1) is 0 Å². The van der Waals surface area contributed by atoms with Gasteiger partial charge in [-0.1, -0.05) is 36.4 Å². The number of ketones is 1. The molecule has 0 atom stereocenters. The van der Waals surface area contributed by atoms with Gasteiger partial charge in [0, 0.05) is 26.8 Å². The molecule has 0 heterocycles. The van der Waals surface area contributed by atoms with E-state index in [4.69, 9.17) is 0 Å². The van der Waals surface area contributed by atoms with Crippen LogP contribution in [0.2, 0.25) is 0 Å². The summed E-state index contributed by atoms with van der Waals surface area (Å²) in [5, 5.41) is 0. The molecule has 148 valence electrons. The van der Waals surface area contributed by atoms with Crippen LogP contribution in [0.15, 0.2) is 60.7 Å². The Hall–Kier alpha value is -2.90. The molecule has 28 heavy (non-hydrogen) atoms. The predicted molar refractivity (Wildman–Crippen MR) is 115 cm³/mol. The van der Waals surface area contributed by atoms with Crippen molar-refractivity contribution in [3.05, 3.63) is 71.8 Å². The van der Waals surface area contributed by atoms with Gasteiger partial charge in [0.15, 0.2) is 5.78 Å². The summed E-state index contributed by atoms with van der Waals surface area (Å²) < 4.78 is 29.1. The van der Waals surface area contributed by atoms with Crippen LogP contribution >= 0.6 is 0 Å². The maximum Gasteiger partial charge on any atom is 0.361 e. The van der Waals surface area contributed by atoms with Gasteiger partial charge in [-0.2, -0.15) is 8.42 Å². The van der Waals surface area contributed by atoms with Gasteiger partial charge < -0.3 is 4.90 Å². The van der Waals surface area contributed by atoms with E-state index in [0.29, 0.717) is 11.3 Å². The molecule has 0 aliphatic rings. The van der Waals surface area contributed by atoms with E-state index in [2.05, 4.69) is 4.18 Å². The van der Waals surface area contributed by atoms with Crippen molar-refractivity contribution in [1.29, 1.82) is 0 Å². The van der Waals surface area contributed by atoms with Crippen LogP contribution in [-0.4, -0.2) is 42.5 Å². The highest BCUT2D eigenvalue weighted by Gasteiger charge is 2.17. The highest BCUT2D eigenvalue weighted by atomic mass is 32.2. The monoisotopic (exact) mass is 400 g/mol. The fourth-order valence-corrected chi connectivity index (χ4v) is 2.98. The molecule has 0 amide bonds. The Kier molecular flexibility index (Phi) is 7.14. The number of hydrogen-bond acceptors (Lipinski definition) is 5. The van der Waals surface area contributed by atoms with Gasteiger partial charge in [0.05, 0.1) is 12.8 Å². The van der Waals surface area contributed by atoms with Gasteiger partial charge in [-0.05, 0) is 47.5 Å². The van der Waals surface area contributed by atoms with E-state index in [1.165, 1.54) is 19.2 Å². The van der Waals surface area contributed by atoms with Gasteiger partial charge in [0.25, 0.3) is 0 Å². The van der Waals surface area contributed by atoms with Crippen molar-refractivity contribution in [2.24, 2.45) is 0 Å². The number of anilines is 2. The Labute approximate surface area is 166 Å². The molecule has 2 rings (SSSR count). The van der Waals surface area contributed by atoms with Gasteiger partial charge in [-0.3, -0.25) is 13.3 Å². The Balaban J connectivity index is 2.10. The lowest BCUT2D eigenvalue weighted by atomic mass is 10.1. The number of nitrogens with zero attached hydrogens (tertiary/aromatic N) is 2. The maximum atomic E-state index is 12.1. The van der Waals surface area contributed by atoms with E-state index < -0.39 is 10.3 Å². The Bertz CT molecular complexity index is 995. The first-order valence-electron chi connectivity index (χ1n) is 8.55. The summed E-state index contributed by atoms with van der Waals surface area (Å²) >= 11 is 0. The summed E-state index contributed by atoms with van der Waals surface area (Å²) in [7, 11) is 2.60. The largest absolute Gasteiger partial charge is 0.378 e. The summed E-state index contributed by atoms with van der Waals surface area (Å²) in [6, 6.07) is 14.6. The molecule has 6 nitrogen and oxygen atoms in total. The van der Waals surface area contributed by atoms with Crippen LogP contribution in [0, 0.1) is 0 Å². The van der Waals surface area contributed by atoms with E-state index in [0.717, 1.165) is 22.7 Å². The molecule has 0 bridgehead atoms. The topological polar surface area (TPSA) is 66.9 Å². The Morgan fingerprint density at radius 1 is 0.893 bits per heavy atom. The number of hydrogen-bond donors (Lipinski definition) is 0. The first-order chi connectivity index (χ1) is 13.2. The molecule has 0 spiro atoms. The molecule has 2 aromatic rings. The predicted octanol–water partition coefficient (Wildman–Crippen LogP) is 3.38. The lowest BCUT2D eigenvalue weighted by Gasteiger charge is -2.17. The van der Waals surface area contributed by atoms with Crippen LogP contribution in [0.4, 0.5) is 11.4 Å². The second kappa shape index (κ2) is 9.34. The zero-order valence-corrected chi connectivity index (χ0v) is 17.2. The SMILES string of the molecule is COS(=O)(=O)N(C)c1cccc(/C=C/C(=O)/C=C/c2cccc(N(C)C)c2)c1. The van der Waals surface area contributed by atoms with Crippen molar-refractivity contribution < 1.29 is 17.4 Å². The van der Waals surface area contributed by atoms with Crippen molar-refractivity contribution in [3.8, 4) is 0 Å².